The number of hydrogen-bond donors (Lipinski definition) is 2. The number of carbonyl (C=O) groups is 3. The SMILES string of the molecule is C[C@H](Oc1ccc(C(C)(C)C)cc1)C(=O)OCC(=O)NNC(=O)c1ccco1. The average Bonchev–Trinajstić information content (AvgIpc) is 3.18. The highest BCUT2D eigenvalue weighted by atomic mass is 16.6. The molecule has 2 aromatic rings. The zero-order chi connectivity index (χ0) is 20.7. The zero-order valence-corrected chi connectivity index (χ0v) is 16.3. The Labute approximate surface area is 163 Å². The Morgan fingerprint density at radius 1 is 1.07 bits per heavy atom. The van der Waals surface area contributed by atoms with Crippen LogP contribution in [0.5, 0.6) is 5.75 Å². The van der Waals surface area contributed by atoms with E-state index in [0.717, 1.165) is 5.56 Å². The number of hydrogen-bond acceptors (Lipinski definition) is 6. The molecule has 1 heterocycles. The maximum absolute atomic E-state index is 12.0. The molecule has 0 spiro atoms. The highest BCUT2D eigenvalue weighted by Crippen LogP contribution is 2.24. The largest absolute Gasteiger partial charge is 0.479 e. The minimum Gasteiger partial charge on any atom is -0.479 e. The van der Waals surface area contributed by atoms with Crippen LogP contribution in [0.25, 0.3) is 0 Å². The molecule has 2 N–H and O–H groups in total. The van der Waals surface area contributed by atoms with Crippen molar-refractivity contribution in [3.05, 3.63) is 54.0 Å². The Balaban J connectivity index is 1.74. The number of nitrogens with one attached hydrogen (secondary N) is 2. The van der Waals surface area contributed by atoms with Gasteiger partial charge in [-0.05, 0) is 42.2 Å². The lowest BCUT2D eigenvalue weighted by Gasteiger charge is -2.20. The first-order valence-corrected chi connectivity index (χ1v) is 8.73. The van der Waals surface area contributed by atoms with E-state index in [1.165, 1.54) is 25.3 Å². The van der Waals surface area contributed by atoms with Gasteiger partial charge in [0.25, 0.3) is 5.91 Å². The summed E-state index contributed by atoms with van der Waals surface area (Å²) in [6.07, 6.45) is 0.433. The third-order valence-corrected chi connectivity index (χ3v) is 3.77. The van der Waals surface area contributed by atoms with E-state index in [9.17, 15) is 14.4 Å². The van der Waals surface area contributed by atoms with Crippen molar-refractivity contribution < 1.29 is 28.3 Å². The van der Waals surface area contributed by atoms with Crippen LogP contribution < -0.4 is 15.6 Å². The van der Waals surface area contributed by atoms with E-state index >= 15 is 0 Å². The smallest absolute Gasteiger partial charge is 0.347 e. The molecule has 8 heteroatoms. The van der Waals surface area contributed by atoms with E-state index in [0.29, 0.717) is 5.75 Å². The number of ether oxygens (including phenoxy) is 2. The van der Waals surface area contributed by atoms with Crippen LogP contribution in [0.15, 0.2) is 47.1 Å². The van der Waals surface area contributed by atoms with Crippen LogP contribution in [0.4, 0.5) is 0 Å². The van der Waals surface area contributed by atoms with Gasteiger partial charge < -0.3 is 13.9 Å². The van der Waals surface area contributed by atoms with Crippen LogP contribution in [0.2, 0.25) is 0 Å². The molecular formula is C20H24N2O6. The maximum atomic E-state index is 12.0. The summed E-state index contributed by atoms with van der Waals surface area (Å²) in [6, 6.07) is 10.4. The van der Waals surface area contributed by atoms with Gasteiger partial charge in [0.15, 0.2) is 18.5 Å². The summed E-state index contributed by atoms with van der Waals surface area (Å²) in [4.78, 5) is 35.2. The van der Waals surface area contributed by atoms with Crippen molar-refractivity contribution in [3.63, 3.8) is 0 Å². The lowest BCUT2D eigenvalue weighted by atomic mass is 9.87. The molecule has 0 unspecified atom stereocenters. The lowest BCUT2D eigenvalue weighted by Crippen LogP contribution is -2.44. The number of esters is 1. The predicted octanol–water partition coefficient (Wildman–Crippen LogP) is 2.35. The lowest BCUT2D eigenvalue weighted by molar-refractivity contribution is -0.154. The number of benzene rings is 1. The minimum absolute atomic E-state index is 0.0167. The molecule has 2 rings (SSSR count). The van der Waals surface area contributed by atoms with Crippen molar-refractivity contribution >= 4 is 17.8 Å². The van der Waals surface area contributed by atoms with Gasteiger partial charge in [-0.25, -0.2) is 4.79 Å². The number of furan rings is 1. The number of carbonyl (C=O) groups excluding carboxylic acids is 3. The molecule has 0 fully saturated rings. The summed E-state index contributed by atoms with van der Waals surface area (Å²) in [6.45, 7) is 7.27. The van der Waals surface area contributed by atoms with Crippen molar-refractivity contribution in [2.45, 2.75) is 39.2 Å². The van der Waals surface area contributed by atoms with Gasteiger partial charge in [-0.1, -0.05) is 32.9 Å². The normalized spacial score (nSPS) is 12.0. The van der Waals surface area contributed by atoms with Gasteiger partial charge in [0.2, 0.25) is 0 Å². The molecule has 28 heavy (non-hydrogen) atoms. The molecule has 0 aliphatic rings. The Bertz CT molecular complexity index is 806. The second kappa shape index (κ2) is 9.07. The summed E-state index contributed by atoms with van der Waals surface area (Å²) in [7, 11) is 0. The minimum atomic E-state index is -0.897. The van der Waals surface area contributed by atoms with E-state index in [4.69, 9.17) is 13.9 Å². The van der Waals surface area contributed by atoms with Crippen LogP contribution in [-0.2, 0) is 19.7 Å². The summed E-state index contributed by atoms with van der Waals surface area (Å²) in [5.41, 5.74) is 5.42. The molecule has 2 amide bonds. The fraction of sp³-hybridized carbons (Fsp3) is 0.350. The molecule has 0 aliphatic heterocycles. The second-order valence-electron chi connectivity index (χ2n) is 7.12. The van der Waals surface area contributed by atoms with Crippen molar-refractivity contribution in [1.29, 1.82) is 0 Å². The molecule has 1 aromatic carbocycles. The van der Waals surface area contributed by atoms with E-state index in [1.54, 1.807) is 12.1 Å². The number of rotatable bonds is 6. The second-order valence-corrected chi connectivity index (χ2v) is 7.12. The van der Waals surface area contributed by atoms with Gasteiger partial charge in [0, 0.05) is 0 Å². The van der Waals surface area contributed by atoms with Crippen molar-refractivity contribution in [2.24, 2.45) is 0 Å². The van der Waals surface area contributed by atoms with Gasteiger partial charge in [-0.15, -0.1) is 0 Å². The van der Waals surface area contributed by atoms with E-state index in [1.807, 2.05) is 12.1 Å². The Morgan fingerprint density at radius 2 is 1.75 bits per heavy atom. The highest BCUT2D eigenvalue weighted by Gasteiger charge is 2.19. The van der Waals surface area contributed by atoms with Gasteiger partial charge in [0.1, 0.15) is 5.75 Å². The predicted molar refractivity (Wildman–Crippen MR) is 101 cm³/mol. The Morgan fingerprint density at radius 3 is 2.32 bits per heavy atom. The van der Waals surface area contributed by atoms with Crippen molar-refractivity contribution in [1.82, 2.24) is 10.9 Å². The fourth-order valence-electron chi connectivity index (χ4n) is 2.17. The first-order chi connectivity index (χ1) is 13.2. The molecule has 0 bridgehead atoms. The van der Waals surface area contributed by atoms with Crippen LogP contribution in [0.3, 0.4) is 0 Å². The quantitative estimate of drug-likeness (QED) is 0.581. The number of hydrazine groups is 1. The maximum Gasteiger partial charge on any atom is 0.347 e. The molecule has 0 radical (unpaired) electrons. The fourth-order valence-corrected chi connectivity index (χ4v) is 2.17. The van der Waals surface area contributed by atoms with Gasteiger partial charge in [-0.3, -0.25) is 20.4 Å². The van der Waals surface area contributed by atoms with Crippen LogP contribution in [0, 0.1) is 0 Å². The molecule has 0 saturated heterocycles. The average molecular weight is 388 g/mol. The third-order valence-electron chi connectivity index (χ3n) is 3.77. The zero-order valence-electron chi connectivity index (χ0n) is 16.3. The molecule has 1 atom stereocenters. The third kappa shape index (κ3) is 6.15. The Kier molecular flexibility index (Phi) is 6.81. The molecule has 1 aromatic heterocycles. The van der Waals surface area contributed by atoms with Gasteiger partial charge >= 0.3 is 11.9 Å². The van der Waals surface area contributed by atoms with Crippen molar-refractivity contribution in [2.75, 3.05) is 6.61 Å². The molecular weight excluding hydrogens is 364 g/mol. The first-order valence-electron chi connectivity index (χ1n) is 8.73. The highest BCUT2D eigenvalue weighted by molar-refractivity contribution is 5.93. The standard InChI is InChI=1S/C20H24N2O6/c1-13(28-15-9-7-14(8-10-15)20(2,3)4)19(25)27-12-17(23)21-22-18(24)16-6-5-11-26-16/h5-11,13H,12H2,1-4H3,(H,21,23)(H,22,24)/t13-/m0/s1. The monoisotopic (exact) mass is 388 g/mol. The summed E-state index contributed by atoms with van der Waals surface area (Å²) in [5, 5.41) is 0. The summed E-state index contributed by atoms with van der Waals surface area (Å²) >= 11 is 0. The topological polar surface area (TPSA) is 107 Å². The summed E-state index contributed by atoms with van der Waals surface area (Å²) in [5.74, 6) is -1.47. The van der Waals surface area contributed by atoms with Crippen LogP contribution in [0.1, 0.15) is 43.8 Å². The number of amides is 2. The van der Waals surface area contributed by atoms with Crippen LogP contribution in [-0.4, -0.2) is 30.5 Å². The summed E-state index contributed by atoms with van der Waals surface area (Å²) < 4.78 is 15.3. The van der Waals surface area contributed by atoms with Gasteiger partial charge in [-0.2, -0.15) is 0 Å². The molecule has 8 nitrogen and oxygen atoms in total. The van der Waals surface area contributed by atoms with Gasteiger partial charge in [0.05, 0.1) is 6.26 Å². The van der Waals surface area contributed by atoms with E-state index < -0.39 is 30.5 Å². The van der Waals surface area contributed by atoms with E-state index in [2.05, 4.69) is 31.6 Å². The van der Waals surface area contributed by atoms with Crippen LogP contribution >= 0.6 is 0 Å². The first kappa shape index (κ1) is 21.0. The van der Waals surface area contributed by atoms with Crippen molar-refractivity contribution in [3.8, 4) is 5.75 Å². The Hall–Kier alpha value is -3.29. The molecule has 0 saturated carbocycles. The molecule has 0 aliphatic carbocycles. The molecule has 150 valence electrons. The van der Waals surface area contributed by atoms with E-state index in [-0.39, 0.29) is 11.2 Å².